The molecule has 6 aromatic rings. The zero-order valence-electron chi connectivity index (χ0n) is 26.7. The number of nitrogens with zero attached hydrogens (tertiary/aromatic N) is 4. The lowest BCUT2D eigenvalue weighted by atomic mass is 10.0. The Bertz CT molecular complexity index is 2170. The van der Waals surface area contributed by atoms with Crippen LogP contribution in [0.25, 0.3) is 22.3 Å². The Morgan fingerprint density at radius 3 is 1.47 bits per heavy atom. The van der Waals surface area contributed by atoms with E-state index in [4.69, 9.17) is 0 Å². The number of amides is 2. The first-order valence-corrected chi connectivity index (χ1v) is 16.0. The summed E-state index contributed by atoms with van der Waals surface area (Å²) in [7, 11) is 2.92. The average Bonchev–Trinajstić information content (AvgIpc) is 3.69. The van der Waals surface area contributed by atoms with Crippen molar-refractivity contribution in [3.05, 3.63) is 141 Å². The van der Waals surface area contributed by atoms with Gasteiger partial charge in [0.25, 0.3) is 24.7 Å². The summed E-state index contributed by atoms with van der Waals surface area (Å²) >= 11 is 2.21. The van der Waals surface area contributed by atoms with Gasteiger partial charge >= 0.3 is 0 Å². The SMILES string of the molecule is Cn1cc(C(=O)Nc2ccccc2-c2cc(F)cc(F)c2)c(C(F)F)n1.Cn1cc(C(=O)Nc2ccccc2-c2ccc(I)cc2)c(C(F)F)n1. The highest BCUT2D eigenvalue weighted by Crippen LogP contribution is 2.32. The van der Waals surface area contributed by atoms with Gasteiger partial charge in [0.1, 0.15) is 23.0 Å². The first-order valence-electron chi connectivity index (χ1n) is 15.0. The normalized spacial score (nSPS) is 11.0. The third-order valence-electron chi connectivity index (χ3n) is 7.30. The number of carbonyl (C=O) groups is 2. The highest BCUT2D eigenvalue weighted by molar-refractivity contribution is 14.1. The molecule has 0 atom stereocenters. The molecular weight excluding hydrogens is 789 g/mol. The van der Waals surface area contributed by atoms with E-state index in [-0.39, 0.29) is 22.4 Å². The molecule has 8 nitrogen and oxygen atoms in total. The van der Waals surface area contributed by atoms with Crippen LogP contribution in [0.1, 0.15) is 45.0 Å². The van der Waals surface area contributed by atoms with Gasteiger partial charge in [0.2, 0.25) is 0 Å². The number of rotatable bonds is 8. The van der Waals surface area contributed by atoms with Crippen LogP contribution in [0.15, 0.2) is 103 Å². The molecule has 0 fully saturated rings. The van der Waals surface area contributed by atoms with Crippen LogP contribution < -0.4 is 10.6 Å². The first kappa shape index (κ1) is 36.8. The molecule has 6 rings (SSSR count). The third kappa shape index (κ3) is 9.02. The maximum atomic E-state index is 13.5. The summed E-state index contributed by atoms with van der Waals surface area (Å²) in [6.45, 7) is 0. The van der Waals surface area contributed by atoms with Crippen LogP contribution >= 0.6 is 22.6 Å². The fourth-order valence-electron chi connectivity index (χ4n) is 5.09. The topological polar surface area (TPSA) is 93.8 Å². The van der Waals surface area contributed by atoms with Gasteiger partial charge < -0.3 is 10.6 Å². The van der Waals surface area contributed by atoms with Crippen molar-refractivity contribution in [2.45, 2.75) is 12.9 Å². The van der Waals surface area contributed by atoms with Crippen LogP contribution in [0.5, 0.6) is 0 Å². The van der Waals surface area contributed by atoms with Crippen LogP contribution in [0.3, 0.4) is 0 Å². The van der Waals surface area contributed by atoms with Crippen molar-refractivity contribution in [3.8, 4) is 22.3 Å². The second-order valence-electron chi connectivity index (χ2n) is 11.0. The molecule has 15 heteroatoms. The summed E-state index contributed by atoms with van der Waals surface area (Å²) in [5.41, 5.74) is 1.51. The van der Waals surface area contributed by atoms with E-state index in [1.807, 2.05) is 36.4 Å². The third-order valence-corrected chi connectivity index (χ3v) is 8.02. The number of anilines is 2. The molecule has 0 aliphatic heterocycles. The maximum absolute atomic E-state index is 13.5. The molecule has 2 aromatic heterocycles. The molecule has 0 unspecified atom stereocenters. The smallest absolute Gasteiger partial charge is 0.282 e. The molecule has 0 aliphatic carbocycles. The van der Waals surface area contributed by atoms with Crippen molar-refractivity contribution in [1.29, 1.82) is 0 Å². The van der Waals surface area contributed by atoms with Crippen molar-refractivity contribution < 1.29 is 35.9 Å². The summed E-state index contributed by atoms with van der Waals surface area (Å²) in [4.78, 5) is 24.9. The molecule has 0 bridgehead atoms. The van der Waals surface area contributed by atoms with E-state index < -0.39 is 47.7 Å². The summed E-state index contributed by atoms with van der Waals surface area (Å²) in [5.74, 6) is -2.94. The number of benzene rings is 4. The van der Waals surface area contributed by atoms with Gasteiger partial charge in [-0.2, -0.15) is 10.2 Å². The molecule has 0 spiro atoms. The van der Waals surface area contributed by atoms with E-state index in [9.17, 15) is 35.9 Å². The molecule has 0 saturated heterocycles. The molecule has 2 N–H and O–H groups in total. The van der Waals surface area contributed by atoms with E-state index in [1.165, 1.54) is 37.2 Å². The van der Waals surface area contributed by atoms with E-state index in [1.54, 1.807) is 30.3 Å². The summed E-state index contributed by atoms with van der Waals surface area (Å²) in [5, 5.41) is 12.5. The van der Waals surface area contributed by atoms with Crippen molar-refractivity contribution in [2.24, 2.45) is 14.1 Å². The molecule has 0 aliphatic rings. The molecule has 0 radical (unpaired) electrons. The number of nitrogens with one attached hydrogen (secondary N) is 2. The lowest BCUT2D eigenvalue weighted by Crippen LogP contribution is -2.14. The van der Waals surface area contributed by atoms with Gasteiger partial charge in [0.05, 0.1) is 11.1 Å². The predicted octanol–water partition coefficient (Wildman–Crippen LogP) is 9.44. The van der Waals surface area contributed by atoms with E-state index in [0.717, 1.165) is 37.6 Å². The molecule has 4 aromatic carbocycles. The van der Waals surface area contributed by atoms with E-state index in [0.29, 0.717) is 11.3 Å². The second kappa shape index (κ2) is 16.1. The predicted molar refractivity (Wildman–Crippen MR) is 189 cm³/mol. The Balaban J connectivity index is 0.000000198. The molecular formula is C36H27F6IN6O2. The Morgan fingerprint density at radius 1 is 0.627 bits per heavy atom. The van der Waals surface area contributed by atoms with Crippen LogP contribution in [0, 0.1) is 15.2 Å². The standard InChI is InChI=1S/C18H13F4N3O.C18H14F2IN3O/c1-25-9-14(16(24-25)17(21)22)18(26)23-15-5-3-2-4-13(15)10-6-11(19)8-12(20)7-10;1-24-10-14(16(23-24)17(19)20)18(25)22-15-5-3-2-4-13(15)11-6-8-12(21)9-7-11/h2-9,17H,1H3,(H,23,26);2-10,17H,1H3,(H,22,25). The minimum Gasteiger partial charge on any atom is -0.321 e. The quantitative estimate of drug-likeness (QED) is 0.118. The van der Waals surface area contributed by atoms with Gasteiger partial charge in [0.15, 0.2) is 0 Å². The fourth-order valence-corrected chi connectivity index (χ4v) is 5.45. The highest BCUT2D eigenvalue weighted by Gasteiger charge is 2.24. The number of hydrogen-bond acceptors (Lipinski definition) is 4. The molecule has 2 amide bonds. The minimum atomic E-state index is -2.91. The van der Waals surface area contributed by atoms with Crippen LogP contribution in [-0.4, -0.2) is 31.4 Å². The van der Waals surface area contributed by atoms with Crippen molar-refractivity contribution in [2.75, 3.05) is 10.6 Å². The van der Waals surface area contributed by atoms with Gasteiger partial charge in [-0.15, -0.1) is 0 Å². The lowest BCUT2D eigenvalue weighted by molar-refractivity contribution is 0.100. The van der Waals surface area contributed by atoms with Gasteiger partial charge in [-0.25, -0.2) is 26.3 Å². The van der Waals surface area contributed by atoms with Crippen molar-refractivity contribution in [3.63, 3.8) is 0 Å². The van der Waals surface area contributed by atoms with Crippen LogP contribution in [-0.2, 0) is 14.1 Å². The van der Waals surface area contributed by atoms with Gasteiger partial charge in [0, 0.05) is 58.6 Å². The van der Waals surface area contributed by atoms with Crippen molar-refractivity contribution in [1.82, 2.24) is 19.6 Å². The summed E-state index contributed by atoms with van der Waals surface area (Å²) < 4.78 is 82.6. The number of para-hydroxylation sites is 2. The number of carbonyl (C=O) groups excluding carboxylic acids is 2. The molecule has 51 heavy (non-hydrogen) atoms. The number of alkyl halides is 4. The lowest BCUT2D eigenvalue weighted by Gasteiger charge is -2.11. The number of halogens is 7. The van der Waals surface area contributed by atoms with Gasteiger partial charge in [-0.1, -0.05) is 48.5 Å². The van der Waals surface area contributed by atoms with Gasteiger partial charge in [-0.3, -0.25) is 19.0 Å². The van der Waals surface area contributed by atoms with Crippen LogP contribution in [0.4, 0.5) is 37.7 Å². The second-order valence-corrected chi connectivity index (χ2v) is 12.2. The van der Waals surface area contributed by atoms with E-state index in [2.05, 4.69) is 43.4 Å². The molecule has 0 saturated carbocycles. The Morgan fingerprint density at radius 2 is 1.04 bits per heavy atom. The van der Waals surface area contributed by atoms with E-state index >= 15 is 0 Å². The minimum absolute atomic E-state index is 0.130. The Kier molecular flexibility index (Phi) is 11.6. The largest absolute Gasteiger partial charge is 0.321 e. The molecule has 2 heterocycles. The van der Waals surface area contributed by atoms with Gasteiger partial charge in [-0.05, 0) is 70.1 Å². The average molecular weight is 817 g/mol. The molecule has 262 valence electrons. The summed E-state index contributed by atoms with van der Waals surface area (Å²) in [6, 6.07) is 24.3. The monoisotopic (exact) mass is 816 g/mol. The Labute approximate surface area is 301 Å². The zero-order valence-corrected chi connectivity index (χ0v) is 28.9. The highest BCUT2D eigenvalue weighted by atomic mass is 127. The summed E-state index contributed by atoms with van der Waals surface area (Å²) in [6.07, 6.45) is -3.25. The van der Waals surface area contributed by atoms with Crippen LogP contribution in [0.2, 0.25) is 0 Å². The van der Waals surface area contributed by atoms with Crippen molar-refractivity contribution >= 4 is 45.8 Å². The fraction of sp³-hybridized carbons (Fsp3) is 0.111. The first-order chi connectivity index (χ1) is 24.3. The number of aromatic nitrogens is 4. The maximum Gasteiger partial charge on any atom is 0.282 e. The zero-order chi connectivity index (χ0) is 36.8. The number of hydrogen-bond donors (Lipinski definition) is 2. The number of aryl methyl sites for hydroxylation is 2. The Hall–Kier alpha value is -5.45.